The van der Waals surface area contributed by atoms with Crippen molar-refractivity contribution in [2.75, 3.05) is 5.32 Å². The lowest BCUT2D eigenvalue weighted by atomic mass is 10.2. The molecule has 2 heterocycles. The van der Waals surface area contributed by atoms with Gasteiger partial charge in [-0.25, -0.2) is 4.98 Å². The minimum Gasteiger partial charge on any atom is -0.320 e. The van der Waals surface area contributed by atoms with Crippen LogP contribution in [0.5, 0.6) is 0 Å². The highest BCUT2D eigenvalue weighted by Gasteiger charge is 2.12. The molecular formula is C12H15N3O2S. The van der Waals surface area contributed by atoms with Crippen LogP contribution in [0.4, 0.5) is 5.69 Å². The van der Waals surface area contributed by atoms with Crippen molar-refractivity contribution in [3.05, 3.63) is 27.6 Å². The minimum absolute atomic E-state index is 0.131. The highest BCUT2D eigenvalue weighted by Crippen LogP contribution is 2.13. The molecule has 0 aliphatic carbocycles. The summed E-state index contributed by atoms with van der Waals surface area (Å²) in [6, 6.07) is 0. The number of carbonyl (C=O) groups is 1. The van der Waals surface area contributed by atoms with Gasteiger partial charge in [-0.05, 0) is 13.3 Å². The van der Waals surface area contributed by atoms with Crippen LogP contribution in [0.3, 0.4) is 0 Å². The Morgan fingerprint density at radius 2 is 2.33 bits per heavy atom. The summed E-state index contributed by atoms with van der Waals surface area (Å²) in [5.74, 6) is -0.131. The molecule has 0 unspecified atom stereocenters. The molecule has 0 atom stereocenters. The average Bonchev–Trinajstić information content (AvgIpc) is 2.80. The van der Waals surface area contributed by atoms with E-state index in [9.17, 15) is 9.59 Å². The van der Waals surface area contributed by atoms with Gasteiger partial charge in [0.25, 0.3) is 5.56 Å². The van der Waals surface area contributed by atoms with Gasteiger partial charge in [0.1, 0.15) is 5.69 Å². The molecule has 5 nitrogen and oxygen atoms in total. The quantitative estimate of drug-likeness (QED) is 0.921. The Kier molecular flexibility index (Phi) is 3.76. The van der Waals surface area contributed by atoms with Crippen molar-refractivity contribution in [3.8, 4) is 0 Å². The van der Waals surface area contributed by atoms with Gasteiger partial charge in [0, 0.05) is 18.0 Å². The topological polar surface area (TPSA) is 63.5 Å². The minimum atomic E-state index is -0.219. The number of hydrogen-bond acceptors (Lipinski definition) is 4. The first kappa shape index (κ1) is 12.8. The van der Waals surface area contributed by atoms with Crippen LogP contribution in [0, 0.1) is 6.92 Å². The summed E-state index contributed by atoms with van der Waals surface area (Å²) in [5.41, 5.74) is 0.628. The van der Waals surface area contributed by atoms with Crippen LogP contribution in [-0.2, 0) is 4.79 Å². The number of nitrogens with zero attached hydrogens (tertiary/aromatic N) is 2. The Balaban J connectivity index is 2.32. The molecule has 2 aromatic heterocycles. The molecule has 0 saturated heterocycles. The van der Waals surface area contributed by atoms with Crippen LogP contribution in [-0.4, -0.2) is 15.3 Å². The zero-order valence-electron chi connectivity index (χ0n) is 10.4. The van der Waals surface area contributed by atoms with E-state index in [4.69, 9.17) is 0 Å². The number of amides is 1. The first-order valence-corrected chi connectivity index (χ1v) is 6.77. The number of fused-ring (bicyclic) bond motifs is 1. The standard InChI is InChI=1S/C12H15N3O2S/c1-3-4-5-9(16)14-10-8(2)13-12-15(11(10)17)6-7-18-12/h6-7H,3-5H2,1-2H3,(H,14,16). The molecule has 2 rings (SSSR count). The smallest absolute Gasteiger partial charge is 0.282 e. The summed E-state index contributed by atoms with van der Waals surface area (Å²) in [6.07, 6.45) is 3.87. The van der Waals surface area contributed by atoms with Crippen molar-refractivity contribution < 1.29 is 4.79 Å². The van der Waals surface area contributed by atoms with E-state index in [0.29, 0.717) is 17.1 Å². The molecule has 1 N–H and O–H groups in total. The van der Waals surface area contributed by atoms with Crippen LogP contribution in [0.2, 0.25) is 0 Å². The normalized spacial score (nSPS) is 10.8. The fourth-order valence-electron chi connectivity index (χ4n) is 1.67. The van der Waals surface area contributed by atoms with E-state index >= 15 is 0 Å². The van der Waals surface area contributed by atoms with Gasteiger partial charge in [-0.3, -0.25) is 14.0 Å². The van der Waals surface area contributed by atoms with E-state index in [2.05, 4.69) is 10.3 Å². The lowest BCUT2D eigenvalue weighted by molar-refractivity contribution is -0.116. The van der Waals surface area contributed by atoms with Crippen molar-refractivity contribution in [3.63, 3.8) is 0 Å². The first-order valence-electron chi connectivity index (χ1n) is 5.89. The summed E-state index contributed by atoms with van der Waals surface area (Å²) >= 11 is 1.40. The third-order valence-corrected chi connectivity index (χ3v) is 3.43. The Hall–Kier alpha value is -1.69. The second-order valence-corrected chi connectivity index (χ2v) is 4.96. The van der Waals surface area contributed by atoms with Crippen LogP contribution in [0.25, 0.3) is 4.96 Å². The van der Waals surface area contributed by atoms with Gasteiger partial charge in [-0.15, -0.1) is 11.3 Å². The molecule has 0 fully saturated rings. The molecule has 2 aromatic rings. The molecule has 6 heteroatoms. The summed E-state index contributed by atoms with van der Waals surface area (Å²) in [4.78, 5) is 28.7. The van der Waals surface area contributed by atoms with E-state index < -0.39 is 0 Å². The Morgan fingerprint density at radius 1 is 1.56 bits per heavy atom. The monoisotopic (exact) mass is 265 g/mol. The predicted octanol–water partition coefficient (Wildman–Crippen LogP) is 2.19. The van der Waals surface area contributed by atoms with Crippen molar-refractivity contribution in [2.45, 2.75) is 33.1 Å². The number of nitrogens with one attached hydrogen (secondary N) is 1. The van der Waals surface area contributed by atoms with Crippen molar-refractivity contribution in [1.29, 1.82) is 0 Å². The maximum absolute atomic E-state index is 12.1. The molecule has 18 heavy (non-hydrogen) atoms. The number of aryl methyl sites for hydroxylation is 1. The van der Waals surface area contributed by atoms with Crippen LogP contribution in [0.15, 0.2) is 16.4 Å². The van der Waals surface area contributed by atoms with Crippen LogP contribution >= 0.6 is 11.3 Å². The van der Waals surface area contributed by atoms with Gasteiger partial charge >= 0.3 is 0 Å². The molecule has 1 amide bonds. The molecule has 0 aromatic carbocycles. The van der Waals surface area contributed by atoms with Gasteiger partial charge < -0.3 is 5.32 Å². The molecule has 0 bridgehead atoms. The lowest BCUT2D eigenvalue weighted by Gasteiger charge is -2.07. The fraction of sp³-hybridized carbons (Fsp3) is 0.417. The van der Waals surface area contributed by atoms with E-state index in [0.717, 1.165) is 12.8 Å². The summed E-state index contributed by atoms with van der Waals surface area (Å²) in [7, 11) is 0. The number of anilines is 1. The predicted molar refractivity (Wildman–Crippen MR) is 72.2 cm³/mol. The van der Waals surface area contributed by atoms with E-state index in [1.54, 1.807) is 18.5 Å². The SMILES string of the molecule is CCCCC(=O)Nc1c(C)nc2sccn2c1=O. The number of aromatic nitrogens is 2. The molecule has 0 spiro atoms. The fourth-order valence-corrected chi connectivity index (χ4v) is 2.42. The number of unbranched alkanes of at least 4 members (excludes halogenated alkanes) is 1. The molecule has 0 saturated carbocycles. The van der Waals surface area contributed by atoms with Gasteiger partial charge in [0.2, 0.25) is 5.91 Å². The summed E-state index contributed by atoms with van der Waals surface area (Å²) < 4.78 is 1.45. The average molecular weight is 265 g/mol. The third kappa shape index (κ3) is 2.43. The van der Waals surface area contributed by atoms with Crippen molar-refractivity contribution >= 4 is 27.9 Å². The molecule has 0 aliphatic rings. The van der Waals surface area contributed by atoms with E-state index in [1.807, 2.05) is 6.92 Å². The number of hydrogen-bond donors (Lipinski definition) is 1. The third-order valence-electron chi connectivity index (χ3n) is 2.67. The second-order valence-electron chi connectivity index (χ2n) is 4.08. The van der Waals surface area contributed by atoms with Gasteiger partial charge in [0.15, 0.2) is 4.96 Å². The largest absolute Gasteiger partial charge is 0.320 e. The van der Waals surface area contributed by atoms with Crippen LogP contribution in [0.1, 0.15) is 31.9 Å². The number of carbonyl (C=O) groups excluding carboxylic acids is 1. The Labute approximate surface area is 108 Å². The molecule has 96 valence electrons. The van der Waals surface area contributed by atoms with Crippen molar-refractivity contribution in [1.82, 2.24) is 9.38 Å². The zero-order chi connectivity index (χ0) is 13.1. The van der Waals surface area contributed by atoms with E-state index in [-0.39, 0.29) is 17.2 Å². The maximum atomic E-state index is 12.1. The zero-order valence-corrected chi connectivity index (χ0v) is 11.2. The highest BCUT2D eigenvalue weighted by atomic mass is 32.1. The Morgan fingerprint density at radius 3 is 3.06 bits per heavy atom. The van der Waals surface area contributed by atoms with Gasteiger partial charge in [-0.2, -0.15) is 0 Å². The highest BCUT2D eigenvalue weighted by molar-refractivity contribution is 7.15. The second kappa shape index (κ2) is 5.30. The summed E-state index contributed by atoms with van der Waals surface area (Å²) in [6.45, 7) is 3.75. The van der Waals surface area contributed by atoms with Crippen molar-refractivity contribution in [2.24, 2.45) is 0 Å². The maximum Gasteiger partial charge on any atom is 0.282 e. The molecule has 0 aliphatic heterocycles. The first-order chi connectivity index (χ1) is 8.63. The number of thiazole rings is 1. The molecule has 0 radical (unpaired) electrons. The molecular weight excluding hydrogens is 250 g/mol. The van der Waals surface area contributed by atoms with E-state index in [1.165, 1.54) is 15.7 Å². The summed E-state index contributed by atoms with van der Waals surface area (Å²) in [5, 5.41) is 4.46. The van der Waals surface area contributed by atoms with Gasteiger partial charge in [-0.1, -0.05) is 13.3 Å². The van der Waals surface area contributed by atoms with Crippen LogP contribution < -0.4 is 10.9 Å². The lowest BCUT2D eigenvalue weighted by Crippen LogP contribution is -2.23. The Bertz CT molecular complexity index is 630. The number of rotatable bonds is 4. The van der Waals surface area contributed by atoms with Gasteiger partial charge in [0.05, 0.1) is 5.69 Å².